The van der Waals surface area contributed by atoms with Gasteiger partial charge in [0.15, 0.2) is 0 Å². The van der Waals surface area contributed by atoms with Gasteiger partial charge in [0.25, 0.3) is 0 Å². The van der Waals surface area contributed by atoms with E-state index in [1.807, 2.05) is 0 Å². The average molecular weight is 160 g/mol. The van der Waals surface area contributed by atoms with Crippen LogP contribution in [0, 0.1) is 0 Å². The molecule has 0 aliphatic rings. The molecule has 0 atom stereocenters. The fourth-order valence-electron chi connectivity index (χ4n) is 0.615. The van der Waals surface area contributed by atoms with Crippen LogP contribution in [0.2, 0.25) is 0 Å². The number of carbonyl (C=O) groups excluding carboxylic acids is 1. The number of nitrogens with two attached hydrogens (primary N) is 2. The van der Waals surface area contributed by atoms with Crippen molar-refractivity contribution in [2.24, 2.45) is 11.5 Å². The van der Waals surface area contributed by atoms with Crippen molar-refractivity contribution in [2.45, 2.75) is 0 Å². The summed E-state index contributed by atoms with van der Waals surface area (Å²) in [4.78, 5) is 10.2. The van der Waals surface area contributed by atoms with Crippen LogP contribution in [-0.4, -0.2) is 38.6 Å². The normalized spacial score (nSPS) is 9.91. The number of amides is 1. The Morgan fingerprint density at radius 3 is 2.36 bits per heavy atom. The Labute approximate surface area is 66.5 Å². The summed E-state index contributed by atoms with van der Waals surface area (Å²) >= 11 is 0. The van der Waals surface area contributed by atoms with Crippen molar-refractivity contribution in [1.82, 2.24) is 10.6 Å². The van der Waals surface area contributed by atoms with Crippen molar-refractivity contribution >= 4 is 5.91 Å². The first-order chi connectivity index (χ1) is 5.27. The number of hydrogen-bond acceptors (Lipinski definition) is 4. The minimum absolute atomic E-state index is 0.240. The van der Waals surface area contributed by atoms with Crippen molar-refractivity contribution in [1.29, 1.82) is 0 Å². The zero-order valence-corrected chi connectivity index (χ0v) is 6.60. The molecule has 0 aliphatic heterocycles. The summed E-state index contributed by atoms with van der Waals surface area (Å²) < 4.78 is 0. The van der Waals surface area contributed by atoms with Gasteiger partial charge < -0.3 is 22.1 Å². The van der Waals surface area contributed by atoms with E-state index in [1.54, 1.807) is 0 Å². The SMILES string of the molecule is NCCNCCNCC(N)=O. The van der Waals surface area contributed by atoms with Gasteiger partial charge in [-0.15, -0.1) is 0 Å². The molecule has 6 N–H and O–H groups in total. The maximum absolute atomic E-state index is 10.2. The Morgan fingerprint density at radius 1 is 1.18 bits per heavy atom. The summed E-state index contributed by atoms with van der Waals surface area (Å²) in [5.41, 5.74) is 10.1. The topological polar surface area (TPSA) is 93.2 Å². The molecule has 11 heavy (non-hydrogen) atoms. The standard InChI is InChI=1S/C6H16N4O/c7-1-2-9-3-4-10-5-6(8)11/h9-10H,1-5,7H2,(H2,8,11). The van der Waals surface area contributed by atoms with E-state index in [0.29, 0.717) is 6.54 Å². The predicted molar refractivity (Wildman–Crippen MR) is 44.0 cm³/mol. The first-order valence-electron chi connectivity index (χ1n) is 3.67. The molecular formula is C6H16N4O. The Balaban J connectivity index is 2.85. The maximum atomic E-state index is 10.2. The lowest BCUT2D eigenvalue weighted by Crippen LogP contribution is -2.35. The first kappa shape index (κ1) is 10.3. The third-order valence-corrected chi connectivity index (χ3v) is 1.10. The molecule has 0 radical (unpaired) electrons. The molecule has 0 saturated heterocycles. The minimum Gasteiger partial charge on any atom is -0.369 e. The van der Waals surface area contributed by atoms with Gasteiger partial charge in [0.2, 0.25) is 5.91 Å². The highest BCUT2D eigenvalue weighted by molar-refractivity contribution is 5.75. The number of primary amides is 1. The van der Waals surface area contributed by atoms with Crippen molar-refractivity contribution in [2.75, 3.05) is 32.7 Å². The van der Waals surface area contributed by atoms with Gasteiger partial charge in [-0.1, -0.05) is 0 Å². The average Bonchev–Trinajstić information content (AvgIpc) is 1.96. The van der Waals surface area contributed by atoms with E-state index in [1.165, 1.54) is 0 Å². The fourth-order valence-corrected chi connectivity index (χ4v) is 0.615. The van der Waals surface area contributed by atoms with Crippen molar-refractivity contribution in [3.63, 3.8) is 0 Å². The lowest BCUT2D eigenvalue weighted by atomic mass is 10.5. The number of carbonyl (C=O) groups is 1. The monoisotopic (exact) mass is 160 g/mol. The van der Waals surface area contributed by atoms with E-state index in [4.69, 9.17) is 11.5 Å². The van der Waals surface area contributed by atoms with Gasteiger partial charge in [-0.05, 0) is 0 Å². The molecule has 5 nitrogen and oxygen atoms in total. The Kier molecular flexibility index (Phi) is 7.02. The van der Waals surface area contributed by atoms with Crippen molar-refractivity contribution in [3.8, 4) is 0 Å². The van der Waals surface area contributed by atoms with Gasteiger partial charge in [-0.2, -0.15) is 0 Å². The maximum Gasteiger partial charge on any atom is 0.231 e. The van der Waals surface area contributed by atoms with Crippen LogP contribution in [0.3, 0.4) is 0 Å². The highest BCUT2D eigenvalue weighted by atomic mass is 16.1. The summed E-state index contributed by atoms with van der Waals surface area (Å²) in [6, 6.07) is 0. The van der Waals surface area contributed by atoms with Crippen LogP contribution < -0.4 is 22.1 Å². The lowest BCUT2D eigenvalue weighted by Gasteiger charge is -2.02. The Morgan fingerprint density at radius 2 is 1.82 bits per heavy atom. The summed E-state index contributed by atoms with van der Waals surface area (Å²) in [6.45, 7) is 3.23. The molecule has 0 aromatic carbocycles. The van der Waals surface area contributed by atoms with E-state index in [2.05, 4.69) is 10.6 Å². The van der Waals surface area contributed by atoms with Gasteiger partial charge >= 0.3 is 0 Å². The van der Waals surface area contributed by atoms with Crippen molar-refractivity contribution < 1.29 is 4.79 Å². The highest BCUT2D eigenvalue weighted by Crippen LogP contribution is 1.58. The molecule has 0 aromatic heterocycles. The van der Waals surface area contributed by atoms with E-state index in [0.717, 1.165) is 19.6 Å². The largest absolute Gasteiger partial charge is 0.369 e. The minimum atomic E-state index is -0.330. The predicted octanol–water partition coefficient (Wildman–Crippen LogP) is -2.39. The molecule has 0 aliphatic carbocycles. The smallest absolute Gasteiger partial charge is 0.231 e. The zero-order chi connectivity index (χ0) is 8.53. The van der Waals surface area contributed by atoms with Gasteiger partial charge in [-0.25, -0.2) is 0 Å². The number of rotatable bonds is 7. The second-order valence-corrected chi connectivity index (χ2v) is 2.18. The number of nitrogens with one attached hydrogen (secondary N) is 2. The van der Waals surface area contributed by atoms with Crippen LogP contribution >= 0.6 is 0 Å². The van der Waals surface area contributed by atoms with Gasteiger partial charge in [-0.3, -0.25) is 4.79 Å². The molecule has 0 heterocycles. The lowest BCUT2D eigenvalue weighted by molar-refractivity contribution is -0.117. The van der Waals surface area contributed by atoms with Crippen LogP contribution in [0.5, 0.6) is 0 Å². The van der Waals surface area contributed by atoms with Crippen LogP contribution in [0.15, 0.2) is 0 Å². The van der Waals surface area contributed by atoms with E-state index in [9.17, 15) is 4.79 Å². The second-order valence-electron chi connectivity index (χ2n) is 2.18. The second kappa shape index (κ2) is 7.46. The van der Waals surface area contributed by atoms with Gasteiger partial charge in [0.1, 0.15) is 0 Å². The molecule has 0 saturated carbocycles. The zero-order valence-electron chi connectivity index (χ0n) is 6.60. The quantitative estimate of drug-likeness (QED) is 0.313. The molecule has 1 amide bonds. The molecule has 0 spiro atoms. The van der Waals surface area contributed by atoms with Gasteiger partial charge in [0.05, 0.1) is 6.54 Å². The highest BCUT2D eigenvalue weighted by Gasteiger charge is 1.90. The van der Waals surface area contributed by atoms with Crippen LogP contribution in [0.1, 0.15) is 0 Å². The molecule has 66 valence electrons. The van der Waals surface area contributed by atoms with Crippen LogP contribution in [0.4, 0.5) is 0 Å². The third kappa shape index (κ3) is 9.35. The molecular weight excluding hydrogens is 144 g/mol. The summed E-state index contributed by atoms with van der Waals surface area (Å²) in [6.07, 6.45) is 0. The molecule has 0 unspecified atom stereocenters. The van der Waals surface area contributed by atoms with Gasteiger partial charge in [0, 0.05) is 26.2 Å². The van der Waals surface area contributed by atoms with E-state index >= 15 is 0 Å². The molecule has 0 bridgehead atoms. The summed E-state index contributed by atoms with van der Waals surface area (Å²) in [5.74, 6) is -0.330. The summed E-state index contributed by atoms with van der Waals surface area (Å²) in [7, 11) is 0. The molecule has 0 fully saturated rings. The van der Waals surface area contributed by atoms with Crippen LogP contribution in [-0.2, 0) is 4.79 Å². The molecule has 0 rings (SSSR count). The fraction of sp³-hybridized carbons (Fsp3) is 0.833. The Hall–Kier alpha value is -0.650. The molecule has 0 aromatic rings. The van der Waals surface area contributed by atoms with E-state index in [-0.39, 0.29) is 12.5 Å². The number of hydrogen-bond donors (Lipinski definition) is 4. The van der Waals surface area contributed by atoms with Crippen molar-refractivity contribution in [3.05, 3.63) is 0 Å². The summed E-state index contributed by atoms with van der Waals surface area (Å²) in [5, 5.41) is 5.94. The molecule has 5 heteroatoms. The van der Waals surface area contributed by atoms with E-state index < -0.39 is 0 Å². The third-order valence-electron chi connectivity index (χ3n) is 1.10. The Bertz CT molecular complexity index is 107. The van der Waals surface area contributed by atoms with Crippen LogP contribution in [0.25, 0.3) is 0 Å². The first-order valence-corrected chi connectivity index (χ1v) is 3.67.